The van der Waals surface area contributed by atoms with E-state index in [0.29, 0.717) is 5.92 Å². The minimum absolute atomic E-state index is 0.120. The van der Waals surface area contributed by atoms with E-state index in [4.69, 9.17) is 0 Å². The van der Waals surface area contributed by atoms with Crippen molar-refractivity contribution in [2.75, 3.05) is 32.7 Å². The van der Waals surface area contributed by atoms with E-state index in [1.807, 2.05) is 41.1 Å². The lowest BCUT2D eigenvalue weighted by Gasteiger charge is -2.35. The topological polar surface area (TPSA) is 41.4 Å². The van der Waals surface area contributed by atoms with Crippen molar-refractivity contribution in [2.24, 2.45) is 5.92 Å². The van der Waals surface area contributed by atoms with Crippen molar-refractivity contribution in [3.8, 4) is 0 Å². The van der Waals surface area contributed by atoms with Crippen LogP contribution in [0.2, 0.25) is 0 Å². The maximum Gasteiger partial charge on any atom is 0.272 e. The standard InChI is InChI=1S/C25H29FN4O/c26-21-10-8-19(9-11-21)12-16-28-13-3-5-20(17-28)18-29-14-4-15-30-24(25(29)31)22-6-1-2-7-23(22)27-30/h1-2,6-11,20H,3-5,12-18H2. The molecule has 5 rings (SSSR count). The Bertz CT molecular complexity index is 1060. The SMILES string of the molecule is O=C1c2c3ccccc3nn2CCCN1CC1CCCN(CCc2ccc(F)cc2)C1. The lowest BCUT2D eigenvalue weighted by Crippen LogP contribution is -2.43. The number of nitrogens with zero attached hydrogens (tertiary/aromatic N) is 4. The smallest absolute Gasteiger partial charge is 0.272 e. The summed E-state index contributed by atoms with van der Waals surface area (Å²) in [7, 11) is 0. The first-order valence-corrected chi connectivity index (χ1v) is 11.4. The van der Waals surface area contributed by atoms with Crippen molar-refractivity contribution in [2.45, 2.75) is 32.2 Å². The van der Waals surface area contributed by atoms with Gasteiger partial charge in [0, 0.05) is 38.1 Å². The molecule has 0 bridgehead atoms. The highest BCUT2D eigenvalue weighted by Crippen LogP contribution is 2.25. The van der Waals surface area contributed by atoms with Crippen LogP contribution in [0.5, 0.6) is 0 Å². The average molecular weight is 421 g/mol. The van der Waals surface area contributed by atoms with Gasteiger partial charge in [0.2, 0.25) is 0 Å². The van der Waals surface area contributed by atoms with Crippen molar-refractivity contribution in [3.63, 3.8) is 0 Å². The third kappa shape index (κ3) is 4.35. The molecular formula is C25H29FN4O. The molecule has 2 aliphatic heterocycles. The van der Waals surface area contributed by atoms with E-state index in [2.05, 4.69) is 14.9 Å². The van der Waals surface area contributed by atoms with Crippen molar-refractivity contribution < 1.29 is 9.18 Å². The summed E-state index contributed by atoms with van der Waals surface area (Å²) in [6.07, 6.45) is 4.20. The van der Waals surface area contributed by atoms with Crippen LogP contribution < -0.4 is 0 Å². The maximum atomic E-state index is 13.4. The highest BCUT2D eigenvalue weighted by Gasteiger charge is 2.29. The number of benzene rings is 2. The van der Waals surface area contributed by atoms with Crippen molar-refractivity contribution in [3.05, 3.63) is 65.6 Å². The Morgan fingerprint density at radius 3 is 2.71 bits per heavy atom. The number of hydrogen-bond donors (Lipinski definition) is 0. The number of hydrogen-bond acceptors (Lipinski definition) is 3. The van der Waals surface area contributed by atoms with Crippen LogP contribution in [0.25, 0.3) is 10.9 Å². The molecule has 6 heteroatoms. The van der Waals surface area contributed by atoms with Gasteiger partial charge in [0.25, 0.3) is 5.91 Å². The molecule has 1 saturated heterocycles. The zero-order valence-corrected chi connectivity index (χ0v) is 17.8. The van der Waals surface area contributed by atoms with Crippen LogP contribution >= 0.6 is 0 Å². The fourth-order valence-electron chi connectivity index (χ4n) is 5.06. The summed E-state index contributed by atoms with van der Waals surface area (Å²) in [5.41, 5.74) is 2.82. The number of amides is 1. The molecule has 31 heavy (non-hydrogen) atoms. The van der Waals surface area contributed by atoms with Gasteiger partial charge in [-0.3, -0.25) is 9.48 Å². The van der Waals surface area contributed by atoms with Gasteiger partial charge in [0.15, 0.2) is 0 Å². The Labute approximate surface area is 182 Å². The molecule has 5 nitrogen and oxygen atoms in total. The first-order chi connectivity index (χ1) is 15.2. The fourth-order valence-corrected chi connectivity index (χ4v) is 5.06. The Morgan fingerprint density at radius 2 is 1.84 bits per heavy atom. The van der Waals surface area contributed by atoms with Gasteiger partial charge in [-0.1, -0.05) is 30.3 Å². The molecule has 1 amide bonds. The lowest BCUT2D eigenvalue weighted by molar-refractivity contribution is 0.0684. The van der Waals surface area contributed by atoms with Crippen LogP contribution in [-0.4, -0.2) is 58.2 Å². The molecule has 3 heterocycles. The van der Waals surface area contributed by atoms with Gasteiger partial charge >= 0.3 is 0 Å². The molecule has 1 fully saturated rings. The first-order valence-electron chi connectivity index (χ1n) is 11.4. The average Bonchev–Trinajstić information content (AvgIpc) is 3.09. The second-order valence-electron chi connectivity index (χ2n) is 8.88. The highest BCUT2D eigenvalue weighted by atomic mass is 19.1. The van der Waals surface area contributed by atoms with E-state index in [1.165, 1.54) is 17.7 Å². The third-order valence-corrected chi connectivity index (χ3v) is 6.65. The Morgan fingerprint density at radius 1 is 1.00 bits per heavy atom. The summed E-state index contributed by atoms with van der Waals surface area (Å²) in [4.78, 5) is 18.0. The van der Waals surface area contributed by atoms with Crippen LogP contribution in [0.15, 0.2) is 48.5 Å². The van der Waals surface area contributed by atoms with Crippen LogP contribution in [-0.2, 0) is 13.0 Å². The van der Waals surface area contributed by atoms with Gasteiger partial charge in [-0.25, -0.2) is 4.39 Å². The second kappa shape index (κ2) is 8.79. The molecule has 0 radical (unpaired) electrons. The third-order valence-electron chi connectivity index (χ3n) is 6.65. The van der Waals surface area contributed by atoms with Crippen molar-refractivity contribution in [1.82, 2.24) is 19.6 Å². The maximum absolute atomic E-state index is 13.4. The number of carbonyl (C=O) groups is 1. The number of fused-ring (bicyclic) bond motifs is 3. The number of piperidine rings is 1. The summed E-state index contributed by atoms with van der Waals surface area (Å²) < 4.78 is 15.0. The number of aryl methyl sites for hydroxylation is 1. The number of aromatic nitrogens is 2. The van der Waals surface area contributed by atoms with E-state index in [9.17, 15) is 9.18 Å². The minimum Gasteiger partial charge on any atom is -0.337 e. The summed E-state index contributed by atoms with van der Waals surface area (Å²) in [6.45, 7) is 5.50. The molecule has 162 valence electrons. The lowest BCUT2D eigenvalue weighted by atomic mass is 9.96. The van der Waals surface area contributed by atoms with Crippen molar-refractivity contribution >= 4 is 16.8 Å². The zero-order chi connectivity index (χ0) is 21.2. The van der Waals surface area contributed by atoms with Gasteiger partial charge in [-0.2, -0.15) is 5.10 Å². The van der Waals surface area contributed by atoms with Crippen LogP contribution in [0.1, 0.15) is 35.3 Å². The molecule has 1 aromatic heterocycles. The van der Waals surface area contributed by atoms with Gasteiger partial charge in [0.1, 0.15) is 11.5 Å². The highest BCUT2D eigenvalue weighted by molar-refractivity contribution is 6.05. The summed E-state index contributed by atoms with van der Waals surface area (Å²) in [6, 6.07) is 14.8. The number of carbonyl (C=O) groups excluding carboxylic acids is 1. The molecule has 0 spiro atoms. The van der Waals surface area contributed by atoms with Gasteiger partial charge in [-0.05, 0) is 61.9 Å². The number of halogens is 1. The zero-order valence-electron chi connectivity index (χ0n) is 17.8. The van der Waals surface area contributed by atoms with Crippen LogP contribution in [0, 0.1) is 11.7 Å². The molecule has 2 aliphatic rings. The van der Waals surface area contributed by atoms with Gasteiger partial charge < -0.3 is 9.80 Å². The minimum atomic E-state index is -0.182. The van der Waals surface area contributed by atoms with E-state index < -0.39 is 0 Å². The monoisotopic (exact) mass is 420 g/mol. The predicted octanol–water partition coefficient (Wildman–Crippen LogP) is 3.98. The Hall–Kier alpha value is -2.73. The first kappa shape index (κ1) is 20.2. The van der Waals surface area contributed by atoms with Crippen molar-refractivity contribution in [1.29, 1.82) is 0 Å². The van der Waals surface area contributed by atoms with E-state index in [0.717, 1.165) is 81.5 Å². The van der Waals surface area contributed by atoms with Gasteiger partial charge in [0.05, 0.1) is 5.52 Å². The molecule has 0 N–H and O–H groups in total. The molecule has 3 aromatic rings. The summed E-state index contributed by atoms with van der Waals surface area (Å²) in [5, 5.41) is 5.62. The second-order valence-corrected chi connectivity index (χ2v) is 8.88. The Balaban J connectivity index is 1.24. The number of likely N-dealkylation sites (tertiary alicyclic amines) is 1. The molecule has 1 atom stereocenters. The molecule has 1 unspecified atom stereocenters. The largest absolute Gasteiger partial charge is 0.337 e. The van der Waals surface area contributed by atoms with Gasteiger partial charge in [-0.15, -0.1) is 0 Å². The van der Waals surface area contributed by atoms with E-state index >= 15 is 0 Å². The summed E-state index contributed by atoms with van der Waals surface area (Å²) in [5.74, 6) is 0.430. The fraction of sp³-hybridized carbons (Fsp3) is 0.440. The summed E-state index contributed by atoms with van der Waals surface area (Å²) >= 11 is 0. The predicted molar refractivity (Wildman–Crippen MR) is 120 cm³/mol. The Kier molecular flexibility index (Phi) is 5.72. The van der Waals surface area contributed by atoms with Crippen LogP contribution in [0.3, 0.4) is 0 Å². The quantitative estimate of drug-likeness (QED) is 0.627. The van der Waals surface area contributed by atoms with E-state index in [-0.39, 0.29) is 11.7 Å². The molecule has 0 saturated carbocycles. The molecular weight excluding hydrogens is 391 g/mol. The van der Waals surface area contributed by atoms with Crippen LogP contribution in [0.4, 0.5) is 4.39 Å². The normalized spacial score (nSPS) is 20.1. The molecule has 2 aromatic carbocycles. The number of rotatable bonds is 5. The van der Waals surface area contributed by atoms with E-state index in [1.54, 1.807) is 0 Å². The molecule has 0 aliphatic carbocycles.